The van der Waals surface area contributed by atoms with Crippen LogP contribution in [0.5, 0.6) is 0 Å². The van der Waals surface area contributed by atoms with Gasteiger partial charge in [-0.2, -0.15) is 0 Å². The van der Waals surface area contributed by atoms with Gasteiger partial charge < -0.3 is 14.7 Å². The third kappa shape index (κ3) is 6.14. The lowest BCUT2D eigenvalue weighted by molar-refractivity contribution is -0.124. The van der Waals surface area contributed by atoms with E-state index >= 15 is 0 Å². The molecule has 1 aromatic rings. The van der Waals surface area contributed by atoms with Gasteiger partial charge in [0.1, 0.15) is 4.88 Å². The molecular formula is C26H37NO4S. The summed E-state index contributed by atoms with van der Waals surface area (Å²) in [5, 5.41) is 9.95. The Hall–Kier alpha value is -1.84. The third-order valence-electron chi connectivity index (χ3n) is 6.66. The van der Waals surface area contributed by atoms with E-state index in [0.717, 1.165) is 51.4 Å². The highest BCUT2D eigenvalue weighted by Crippen LogP contribution is 2.39. The second-order valence-corrected chi connectivity index (χ2v) is 10.7. The van der Waals surface area contributed by atoms with E-state index in [0.29, 0.717) is 23.1 Å². The van der Waals surface area contributed by atoms with Crippen molar-refractivity contribution in [2.75, 3.05) is 11.5 Å². The summed E-state index contributed by atoms with van der Waals surface area (Å²) in [5.74, 6) is 6.18. The zero-order chi connectivity index (χ0) is 23.3. The number of carbonyl (C=O) groups is 2. The van der Waals surface area contributed by atoms with E-state index in [4.69, 9.17) is 4.74 Å². The molecule has 6 heteroatoms. The molecule has 2 aliphatic rings. The van der Waals surface area contributed by atoms with Crippen molar-refractivity contribution in [3.05, 3.63) is 15.8 Å². The molecule has 1 N–H and O–H groups in total. The predicted molar refractivity (Wildman–Crippen MR) is 129 cm³/mol. The number of hydrogen-bond acceptors (Lipinski definition) is 4. The summed E-state index contributed by atoms with van der Waals surface area (Å²) < 4.78 is 5.81. The molecule has 5 nitrogen and oxygen atoms in total. The van der Waals surface area contributed by atoms with Crippen LogP contribution in [-0.2, 0) is 9.53 Å². The summed E-state index contributed by atoms with van der Waals surface area (Å²) in [6.45, 7) is 8.97. The van der Waals surface area contributed by atoms with E-state index in [1.165, 1.54) is 11.3 Å². The minimum Gasteiger partial charge on any atom is -0.477 e. The van der Waals surface area contributed by atoms with E-state index in [1.807, 2.05) is 31.7 Å². The van der Waals surface area contributed by atoms with Crippen molar-refractivity contribution >= 4 is 28.9 Å². The summed E-state index contributed by atoms with van der Waals surface area (Å²) in [6, 6.07) is 1.85. The number of nitrogens with zero attached hydrogens (tertiary/aromatic N) is 1. The highest BCUT2D eigenvalue weighted by molar-refractivity contribution is 7.15. The monoisotopic (exact) mass is 459 g/mol. The number of ether oxygens (including phenoxy) is 1. The van der Waals surface area contributed by atoms with Gasteiger partial charge in [-0.15, -0.1) is 11.3 Å². The first-order chi connectivity index (χ1) is 15.3. The number of hydrogen-bond donors (Lipinski definition) is 1. The molecule has 1 amide bonds. The molecule has 0 spiro atoms. The van der Waals surface area contributed by atoms with Gasteiger partial charge >= 0.3 is 5.97 Å². The van der Waals surface area contributed by atoms with E-state index < -0.39 is 5.97 Å². The van der Waals surface area contributed by atoms with Gasteiger partial charge in [0, 0.05) is 24.5 Å². The number of aromatic carboxylic acids is 1. The first kappa shape index (κ1) is 24.8. The van der Waals surface area contributed by atoms with Crippen LogP contribution >= 0.6 is 11.3 Å². The lowest BCUT2D eigenvalue weighted by atomic mass is 9.81. The quantitative estimate of drug-likeness (QED) is 0.533. The molecule has 32 heavy (non-hydrogen) atoms. The highest BCUT2D eigenvalue weighted by atomic mass is 32.1. The second-order valence-electron chi connectivity index (χ2n) is 9.61. The normalized spacial score (nSPS) is 25.8. The Balaban J connectivity index is 1.94. The van der Waals surface area contributed by atoms with Crippen molar-refractivity contribution in [2.24, 2.45) is 17.8 Å². The Kier molecular flexibility index (Phi) is 8.79. The molecule has 2 fully saturated rings. The van der Waals surface area contributed by atoms with Gasteiger partial charge in [-0.25, -0.2) is 4.79 Å². The number of thiophene rings is 1. The third-order valence-corrected chi connectivity index (χ3v) is 7.69. The fraction of sp³-hybridized carbons (Fsp3) is 0.692. The van der Waals surface area contributed by atoms with Crippen LogP contribution in [0, 0.1) is 29.6 Å². The maximum Gasteiger partial charge on any atom is 0.348 e. The number of carbonyl (C=O) groups excluding carboxylic acids is 1. The molecule has 0 aromatic carbocycles. The minimum absolute atomic E-state index is 0.0113. The van der Waals surface area contributed by atoms with Gasteiger partial charge in [0.15, 0.2) is 0 Å². The number of rotatable bonds is 6. The fourth-order valence-corrected chi connectivity index (χ4v) is 5.75. The average Bonchev–Trinajstić information content (AvgIpc) is 3.18. The molecular weight excluding hydrogens is 422 g/mol. The van der Waals surface area contributed by atoms with Crippen molar-refractivity contribution in [1.82, 2.24) is 0 Å². The number of carboxylic acids is 1. The summed E-state index contributed by atoms with van der Waals surface area (Å²) in [6.07, 6.45) is 7.59. The van der Waals surface area contributed by atoms with Crippen LogP contribution < -0.4 is 4.90 Å². The van der Waals surface area contributed by atoms with E-state index in [2.05, 4.69) is 18.8 Å². The summed E-state index contributed by atoms with van der Waals surface area (Å²) >= 11 is 1.18. The largest absolute Gasteiger partial charge is 0.477 e. The molecule has 3 rings (SSSR count). The number of amides is 1. The van der Waals surface area contributed by atoms with Crippen molar-refractivity contribution in [3.8, 4) is 11.8 Å². The molecule has 0 aliphatic heterocycles. The van der Waals surface area contributed by atoms with Gasteiger partial charge in [-0.05, 0) is 70.3 Å². The lowest BCUT2D eigenvalue weighted by Crippen LogP contribution is -2.47. The topological polar surface area (TPSA) is 66.8 Å². The number of anilines is 1. The maximum atomic E-state index is 13.8. The van der Waals surface area contributed by atoms with Gasteiger partial charge in [-0.1, -0.05) is 32.6 Å². The van der Waals surface area contributed by atoms with Crippen LogP contribution in [-0.4, -0.2) is 35.7 Å². The molecule has 1 heterocycles. The molecule has 2 aliphatic carbocycles. The van der Waals surface area contributed by atoms with Gasteiger partial charge in [0.25, 0.3) is 0 Å². The zero-order valence-electron chi connectivity index (χ0n) is 19.9. The van der Waals surface area contributed by atoms with E-state index in [1.54, 1.807) is 0 Å². The molecule has 0 bridgehead atoms. The van der Waals surface area contributed by atoms with Gasteiger partial charge in [0.05, 0.1) is 16.7 Å². The van der Waals surface area contributed by atoms with Crippen LogP contribution in [0.4, 0.5) is 5.69 Å². The maximum absolute atomic E-state index is 13.8. The van der Waals surface area contributed by atoms with Crippen molar-refractivity contribution < 1.29 is 19.4 Å². The van der Waals surface area contributed by atoms with Crippen LogP contribution in [0.15, 0.2) is 6.07 Å². The number of carboxylic acid groups (broad SMARTS) is 1. The van der Waals surface area contributed by atoms with Crippen LogP contribution in [0.1, 0.15) is 93.6 Å². The SMILES string of the molecule is CCO[C@H]1CC[C@@H](N(C(=O)C2CCC(C)CC2)c2cc(C#CC(C)C)sc2C(=O)O)CC1. The van der Waals surface area contributed by atoms with Crippen molar-refractivity contribution in [1.29, 1.82) is 0 Å². The molecule has 0 atom stereocenters. The highest BCUT2D eigenvalue weighted by Gasteiger charge is 2.37. The second kappa shape index (κ2) is 11.3. The van der Waals surface area contributed by atoms with Crippen molar-refractivity contribution in [3.63, 3.8) is 0 Å². The summed E-state index contributed by atoms with van der Waals surface area (Å²) in [5.41, 5.74) is 0.541. The molecule has 0 saturated heterocycles. The van der Waals surface area contributed by atoms with Gasteiger partial charge in [0.2, 0.25) is 5.91 Å². The molecule has 2 saturated carbocycles. The minimum atomic E-state index is -0.985. The summed E-state index contributed by atoms with van der Waals surface area (Å²) in [4.78, 5) is 28.8. The lowest BCUT2D eigenvalue weighted by Gasteiger charge is -2.39. The van der Waals surface area contributed by atoms with Crippen LogP contribution in [0.2, 0.25) is 0 Å². The molecule has 1 aromatic heterocycles. The summed E-state index contributed by atoms with van der Waals surface area (Å²) in [7, 11) is 0. The van der Waals surface area contributed by atoms with E-state index in [-0.39, 0.29) is 34.8 Å². The van der Waals surface area contributed by atoms with Crippen LogP contribution in [0.25, 0.3) is 0 Å². The Bertz CT molecular complexity index is 849. The zero-order valence-corrected chi connectivity index (χ0v) is 20.7. The van der Waals surface area contributed by atoms with Gasteiger partial charge in [-0.3, -0.25) is 4.79 Å². The van der Waals surface area contributed by atoms with Crippen molar-refractivity contribution in [2.45, 2.75) is 91.2 Å². The molecule has 0 radical (unpaired) electrons. The Labute approximate surface area is 196 Å². The Morgan fingerprint density at radius 2 is 1.81 bits per heavy atom. The Morgan fingerprint density at radius 3 is 2.38 bits per heavy atom. The standard InChI is InChI=1S/C26H37NO4S/c1-5-31-21-13-11-20(12-14-21)27(25(28)19-9-7-18(4)8-10-19)23-16-22(15-6-17(2)3)32-24(23)26(29)30/h16-21H,5,7-14H2,1-4H3,(H,29,30)/t18?,19?,20-,21+. The first-order valence-electron chi connectivity index (χ1n) is 12.1. The smallest absolute Gasteiger partial charge is 0.348 e. The van der Waals surface area contributed by atoms with E-state index in [9.17, 15) is 14.7 Å². The van der Waals surface area contributed by atoms with Crippen LogP contribution in [0.3, 0.4) is 0 Å². The molecule has 0 unspecified atom stereocenters. The Morgan fingerprint density at radius 1 is 1.16 bits per heavy atom. The average molecular weight is 460 g/mol. The fourth-order valence-electron chi connectivity index (χ4n) is 4.90. The molecule has 176 valence electrons. The predicted octanol–water partition coefficient (Wildman–Crippen LogP) is 5.96. The first-order valence-corrected chi connectivity index (χ1v) is 12.9.